The average Bonchev–Trinajstić information content (AvgIpc) is 3.03. The van der Waals surface area contributed by atoms with Gasteiger partial charge in [0.2, 0.25) is 0 Å². The Morgan fingerprint density at radius 2 is 1.76 bits per heavy atom. The van der Waals surface area contributed by atoms with Crippen molar-refractivity contribution in [2.75, 3.05) is 12.4 Å². The van der Waals surface area contributed by atoms with E-state index in [4.69, 9.17) is 33.3 Å². The first kappa shape index (κ1) is 22.9. The molecule has 2 aromatic rings. The highest BCUT2D eigenvalue weighted by Gasteiger charge is 2.18. The van der Waals surface area contributed by atoms with Crippen LogP contribution in [0.2, 0.25) is 5.02 Å². The third-order valence-corrected chi connectivity index (χ3v) is 5.65. The van der Waals surface area contributed by atoms with Crippen molar-refractivity contribution in [3.05, 3.63) is 44.8 Å². The lowest BCUT2D eigenvalue weighted by Gasteiger charge is -2.17. The van der Waals surface area contributed by atoms with Gasteiger partial charge in [-0.3, -0.25) is 15.6 Å². The van der Waals surface area contributed by atoms with Gasteiger partial charge in [0.05, 0.1) is 12.7 Å². The van der Waals surface area contributed by atoms with Crippen molar-refractivity contribution in [1.29, 1.82) is 0 Å². The van der Waals surface area contributed by atoms with E-state index in [-0.39, 0.29) is 5.11 Å². The fourth-order valence-corrected chi connectivity index (χ4v) is 3.69. The maximum Gasteiger partial charge on any atom is 0.340 e. The highest BCUT2D eigenvalue weighted by atomic mass is 35.5. The second kappa shape index (κ2) is 9.91. The number of methoxy groups -OCH3 is 1. The summed E-state index contributed by atoms with van der Waals surface area (Å²) in [5, 5.41) is 4.20. The molecule has 1 aromatic carbocycles. The third-order valence-electron chi connectivity index (χ3n) is 3.88. The Hall–Kier alpha value is -2.36. The van der Waals surface area contributed by atoms with Gasteiger partial charge < -0.3 is 14.8 Å². The largest absolute Gasteiger partial charge is 0.481 e. The number of aryl methyl sites for hydroxylation is 3. The van der Waals surface area contributed by atoms with Crippen LogP contribution in [-0.2, 0) is 9.53 Å². The summed E-state index contributed by atoms with van der Waals surface area (Å²) in [6.45, 7) is 7.21. The summed E-state index contributed by atoms with van der Waals surface area (Å²) < 4.78 is 10.4. The number of nitrogens with one attached hydrogen (secondary N) is 3. The van der Waals surface area contributed by atoms with Crippen molar-refractivity contribution >= 4 is 57.1 Å². The molecular formula is C19H22ClN3O4S2. The summed E-state index contributed by atoms with van der Waals surface area (Å²) in [4.78, 5) is 25.0. The summed E-state index contributed by atoms with van der Waals surface area (Å²) in [7, 11) is 1.31. The molecule has 2 rings (SSSR count). The molecule has 0 saturated carbocycles. The van der Waals surface area contributed by atoms with Gasteiger partial charge in [0, 0.05) is 9.90 Å². The standard InChI is InChI=1S/C19H22ClN3O4S2/c1-9-6-13(7-10(2)15(9)20)27-12(4)16(24)22-23-19(28)21-17-14(18(25)26-5)8-11(3)29-17/h6-8,12H,1-5H3,(H,22,24)(H2,21,23,28). The number of hydrazine groups is 1. The molecule has 0 spiro atoms. The van der Waals surface area contributed by atoms with Crippen LogP contribution in [0.1, 0.15) is 33.3 Å². The number of halogens is 1. The second-order valence-corrected chi connectivity index (χ2v) is 8.33. The topological polar surface area (TPSA) is 88.7 Å². The zero-order valence-corrected chi connectivity index (χ0v) is 19.0. The molecular weight excluding hydrogens is 434 g/mol. The van der Waals surface area contributed by atoms with E-state index in [0.29, 0.717) is 21.3 Å². The number of ether oxygens (including phenoxy) is 2. The van der Waals surface area contributed by atoms with Gasteiger partial charge in [-0.1, -0.05) is 11.6 Å². The molecule has 0 radical (unpaired) electrons. The van der Waals surface area contributed by atoms with Gasteiger partial charge >= 0.3 is 5.97 Å². The number of amides is 1. The molecule has 1 heterocycles. The molecule has 0 aliphatic heterocycles. The van der Waals surface area contributed by atoms with E-state index in [1.165, 1.54) is 18.4 Å². The number of carbonyl (C=O) groups excluding carboxylic acids is 2. The molecule has 1 atom stereocenters. The molecule has 1 unspecified atom stereocenters. The van der Waals surface area contributed by atoms with E-state index in [2.05, 4.69) is 16.2 Å². The van der Waals surface area contributed by atoms with E-state index in [9.17, 15) is 9.59 Å². The minimum absolute atomic E-state index is 0.121. The number of thiocarbonyl (C=S) groups is 1. The van der Waals surface area contributed by atoms with E-state index in [1.54, 1.807) is 25.1 Å². The maximum atomic E-state index is 12.3. The van der Waals surface area contributed by atoms with Gasteiger partial charge in [-0.2, -0.15) is 0 Å². The van der Waals surface area contributed by atoms with Crippen LogP contribution < -0.4 is 20.9 Å². The molecule has 10 heteroatoms. The molecule has 0 aliphatic rings. The van der Waals surface area contributed by atoms with Crippen LogP contribution in [0.3, 0.4) is 0 Å². The van der Waals surface area contributed by atoms with Crippen LogP contribution in [-0.4, -0.2) is 30.2 Å². The van der Waals surface area contributed by atoms with E-state index >= 15 is 0 Å². The van der Waals surface area contributed by atoms with Crippen LogP contribution in [0, 0.1) is 20.8 Å². The first-order valence-electron chi connectivity index (χ1n) is 8.61. The van der Waals surface area contributed by atoms with Gasteiger partial charge in [-0.05, 0) is 69.2 Å². The van der Waals surface area contributed by atoms with E-state index in [1.807, 2.05) is 20.8 Å². The molecule has 7 nitrogen and oxygen atoms in total. The van der Waals surface area contributed by atoms with Gasteiger partial charge in [0.15, 0.2) is 11.2 Å². The van der Waals surface area contributed by atoms with Crippen LogP contribution in [0.15, 0.2) is 18.2 Å². The van der Waals surface area contributed by atoms with Crippen LogP contribution >= 0.6 is 35.2 Å². The molecule has 1 amide bonds. The molecule has 1 aromatic heterocycles. The predicted molar refractivity (Wildman–Crippen MR) is 119 cm³/mol. The number of benzene rings is 1. The van der Waals surface area contributed by atoms with Crippen molar-refractivity contribution in [3.63, 3.8) is 0 Å². The van der Waals surface area contributed by atoms with Gasteiger partial charge in [0.25, 0.3) is 5.91 Å². The Morgan fingerprint density at radius 1 is 1.14 bits per heavy atom. The van der Waals surface area contributed by atoms with Gasteiger partial charge in [0.1, 0.15) is 10.8 Å². The third kappa shape index (κ3) is 6.06. The average molecular weight is 456 g/mol. The molecule has 156 valence electrons. The van der Waals surface area contributed by atoms with Gasteiger partial charge in [-0.25, -0.2) is 4.79 Å². The van der Waals surface area contributed by atoms with E-state index < -0.39 is 18.0 Å². The fraction of sp³-hybridized carbons (Fsp3) is 0.316. The van der Waals surface area contributed by atoms with Crippen LogP contribution in [0.4, 0.5) is 5.00 Å². The summed E-state index contributed by atoms with van der Waals surface area (Å²) in [5.41, 5.74) is 7.18. The molecule has 0 bridgehead atoms. The zero-order valence-electron chi connectivity index (χ0n) is 16.6. The lowest BCUT2D eigenvalue weighted by atomic mass is 10.1. The number of hydrogen-bond acceptors (Lipinski definition) is 6. The lowest BCUT2D eigenvalue weighted by molar-refractivity contribution is -0.127. The number of esters is 1. The molecule has 3 N–H and O–H groups in total. The van der Waals surface area contributed by atoms with Crippen molar-refractivity contribution in [2.45, 2.75) is 33.8 Å². The Morgan fingerprint density at radius 3 is 2.34 bits per heavy atom. The number of rotatable bonds is 5. The van der Waals surface area contributed by atoms with Crippen molar-refractivity contribution in [3.8, 4) is 5.75 Å². The number of anilines is 1. The van der Waals surface area contributed by atoms with Crippen LogP contribution in [0.25, 0.3) is 0 Å². The Kier molecular flexibility index (Phi) is 7.83. The summed E-state index contributed by atoms with van der Waals surface area (Å²) >= 11 is 12.7. The van der Waals surface area contributed by atoms with Crippen molar-refractivity contribution < 1.29 is 19.1 Å². The maximum absolute atomic E-state index is 12.3. The number of hydrogen-bond donors (Lipinski definition) is 3. The Balaban J connectivity index is 1.92. The quantitative estimate of drug-likeness (QED) is 0.358. The minimum atomic E-state index is -0.778. The summed E-state index contributed by atoms with van der Waals surface area (Å²) in [5.74, 6) is -0.348. The fourth-order valence-electron chi connectivity index (χ4n) is 2.45. The van der Waals surface area contributed by atoms with Crippen molar-refractivity contribution in [2.24, 2.45) is 0 Å². The number of thiophene rings is 1. The molecule has 0 fully saturated rings. The molecule has 29 heavy (non-hydrogen) atoms. The van der Waals surface area contributed by atoms with E-state index in [0.717, 1.165) is 16.0 Å². The highest BCUT2D eigenvalue weighted by molar-refractivity contribution is 7.80. The summed E-state index contributed by atoms with van der Waals surface area (Å²) in [6, 6.07) is 5.24. The summed E-state index contributed by atoms with van der Waals surface area (Å²) in [6.07, 6.45) is -0.778. The zero-order chi connectivity index (χ0) is 21.7. The second-order valence-electron chi connectivity index (χ2n) is 6.29. The highest BCUT2D eigenvalue weighted by Crippen LogP contribution is 2.28. The molecule has 0 aliphatic carbocycles. The lowest BCUT2D eigenvalue weighted by Crippen LogP contribution is -2.48. The monoisotopic (exact) mass is 455 g/mol. The van der Waals surface area contributed by atoms with Crippen LogP contribution in [0.5, 0.6) is 5.75 Å². The Bertz CT molecular complexity index is 923. The number of carbonyl (C=O) groups is 2. The molecule has 0 saturated heterocycles. The normalized spacial score (nSPS) is 11.4. The minimum Gasteiger partial charge on any atom is -0.481 e. The SMILES string of the molecule is COC(=O)c1cc(C)sc1NC(=S)NNC(=O)C(C)Oc1cc(C)c(Cl)c(C)c1. The van der Waals surface area contributed by atoms with Crippen molar-refractivity contribution in [1.82, 2.24) is 10.9 Å². The Labute approximate surface area is 183 Å². The first-order chi connectivity index (χ1) is 13.6. The predicted octanol–water partition coefficient (Wildman–Crippen LogP) is 3.90. The first-order valence-corrected chi connectivity index (χ1v) is 10.2. The van der Waals surface area contributed by atoms with Gasteiger partial charge in [-0.15, -0.1) is 11.3 Å². The smallest absolute Gasteiger partial charge is 0.340 e.